The van der Waals surface area contributed by atoms with E-state index in [-0.39, 0.29) is 5.69 Å². The monoisotopic (exact) mass is 244 g/mol. The van der Waals surface area contributed by atoms with Crippen LogP contribution in [0.1, 0.15) is 13.3 Å². The minimum atomic E-state index is -0.815. The maximum atomic E-state index is 12.4. The van der Waals surface area contributed by atoms with Crippen LogP contribution in [0, 0.1) is 10.1 Å². The average molecular weight is 244 g/mol. The predicted octanol–water partition coefficient (Wildman–Crippen LogP) is 2.94. The summed E-state index contributed by atoms with van der Waals surface area (Å²) in [6, 6.07) is 6.22. The second-order valence-corrected chi connectivity index (χ2v) is 4.28. The lowest BCUT2D eigenvalue weighted by atomic mass is 10.3. The molecule has 1 N–H and O–H groups in total. The Morgan fingerprint density at radius 3 is 2.62 bits per heavy atom. The molecule has 1 aromatic rings. The van der Waals surface area contributed by atoms with Gasteiger partial charge in [-0.1, -0.05) is 0 Å². The van der Waals surface area contributed by atoms with Gasteiger partial charge >= 0.3 is 0 Å². The first-order valence-corrected chi connectivity index (χ1v) is 5.69. The van der Waals surface area contributed by atoms with E-state index in [1.807, 2.05) is 0 Å². The topological polar surface area (TPSA) is 55.2 Å². The maximum absolute atomic E-state index is 12.4. The van der Waals surface area contributed by atoms with Crippen LogP contribution >= 0.6 is 11.9 Å². The highest BCUT2D eigenvalue weighted by Crippen LogP contribution is 2.18. The summed E-state index contributed by atoms with van der Waals surface area (Å²) in [4.78, 5) is 10.8. The minimum absolute atomic E-state index is 0.0710. The van der Waals surface area contributed by atoms with E-state index in [2.05, 4.69) is 4.72 Å². The number of alkyl halides is 1. The summed E-state index contributed by atoms with van der Waals surface area (Å²) < 4.78 is 15.4. The molecule has 0 amide bonds. The number of nitro groups is 1. The number of benzene rings is 1. The Bertz CT molecular complexity index is 343. The fourth-order valence-corrected chi connectivity index (χ4v) is 1.69. The van der Waals surface area contributed by atoms with Crippen LogP contribution in [0.25, 0.3) is 0 Å². The second kappa shape index (κ2) is 6.44. The lowest BCUT2D eigenvalue weighted by molar-refractivity contribution is -0.384. The quantitative estimate of drug-likeness (QED) is 0.362. The number of nitrogens with zero attached hydrogens (tertiary/aromatic N) is 1. The summed E-state index contributed by atoms with van der Waals surface area (Å²) in [5, 5.41) is 10.4. The van der Waals surface area contributed by atoms with Gasteiger partial charge in [-0.25, -0.2) is 4.39 Å². The molecule has 0 aliphatic carbocycles. The predicted molar refractivity (Wildman–Crippen MR) is 62.1 cm³/mol. The van der Waals surface area contributed by atoms with Crippen molar-refractivity contribution in [1.29, 1.82) is 0 Å². The molecule has 0 aliphatic heterocycles. The van der Waals surface area contributed by atoms with Crippen molar-refractivity contribution in [2.45, 2.75) is 24.4 Å². The zero-order chi connectivity index (χ0) is 12.0. The van der Waals surface area contributed by atoms with Gasteiger partial charge in [0.1, 0.15) is 0 Å². The summed E-state index contributed by atoms with van der Waals surface area (Å²) in [6.07, 6.45) is -0.357. The SMILES string of the molecule is CC(F)CCNSc1ccc([N+](=O)[O-])cc1. The number of nitro benzene ring substituents is 1. The molecule has 0 radical (unpaired) electrons. The molecule has 1 aromatic carbocycles. The summed E-state index contributed by atoms with van der Waals surface area (Å²) in [5.74, 6) is 0. The molecule has 1 atom stereocenters. The van der Waals surface area contributed by atoms with Crippen molar-refractivity contribution in [2.75, 3.05) is 6.54 Å². The molecule has 0 fully saturated rings. The van der Waals surface area contributed by atoms with Crippen molar-refractivity contribution in [1.82, 2.24) is 4.72 Å². The van der Waals surface area contributed by atoms with Crippen molar-refractivity contribution in [3.63, 3.8) is 0 Å². The van der Waals surface area contributed by atoms with Gasteiger partial charge in [-0.05, 0) is 37.4 Å². The van der Waals surface area contributed by atoms with Crippen molar-refractivity contribution < 1.29 is 9.31 Å². The summed E-state index contributed by atoms with van der Waals surface area (Å²) in [6.45, 7) is 2.08. The Labute approximate surface area is 97.5 Å². The molecular weight excluding hydrogens is 231 g/mol. The van der Waals surface area contributed by atoms with E-state index in [9.17, 15) is 14.5 Å². The second-order valence-electron chi connectivity index (χ2n) is 3.32. The molecule has 1 rings (SSSR count). The lowest BCUT2D eigenvalue weighted by Gasteiger charge is -2.04. The number of hydrogen-bond donors (Lipinski definition) is 1. The van der Waals surface area contributed by atoms with E-state index >= 15 is 0 Å². The Morgan fingerprint density at radius 2 is 2.12 bits per heavy atom. The molecule has 16 heavy (non-hydrogen) atoms. The van der Waals surface area contributed by atoms with Gasteiger partial charge in [0.15, 0.2) is 0 Å². The van der Waals surface area contributed by atoms with E-state index in [0.29, 0.717) is 13.0 Å². The van der Waals surface area contributed by atoms with Gasteiger partial charge in [0.05, 0.1) is 11.1 Å². The Hall–Kier alpha value is -1.14. The molecule has 0 heterocycles. The normalized spacial score (nSPS) is 12.4. The first-order valence-electron chi connectivity index (χ1n) is 4.88. The van der Waals surface area contributed by atoms with Crippen LogP contribution in [-0.4, -0.2) is 17.6 Å². The van der Waals surface area contributed by atoms with E-state index < -0.39 is 11.1 Å². The first kappa shape index (κ1) is 12.9. The molecule has 0 aliphatic rings. The molecule has 0 saturated heterocycles. The molecule has 1 unspecified atom stereocenters. The third-order valence-corrected chi connectivity index (χ3v) is 2.74. The third-order valence-electron chi connectivity index (χ3n) is 1.88. The van der Waals surface area contributed by atoms with Crippen molar-refractivity contribution in [2.24, 2.45) is 0 Å². The van der Waals surface area contributed by atoms with Gasteiger partial charge in [0.25, 0.3) is 5.69 Å². The van der Waals surface area contributed by atoms with E-state index in [0.717, 1.165) is 4.90 Å². The molecule has 0 aromatic heterocycles. The summed E-state index contributed by atoms with van der Waals surface area (Å²) >= 11 is 1.34. The molecular formula is C10H13FN2O2S. The number of halogens is 1. The summed E-state index contributed by atoms with van der Waals surface area (Å²) in [7, 11) is 0. The van der Waals surface area contributed by atoms with Gasteiger partial charge in [-0.2, -0.15) is 0 Å². The molecule has 0 saturated carbocycles. The van der Waals surface area contributed by atoms with Crippen LogP contribution in [0.15, 0.2) is 29.2 Å². The highest BCUT2D eigenvalue weighted by molar-refractivity contribution is 7.97. The van der Waals surface area contributed by atoms with Gasteiger partial charge in [0, 0.05) is 23.6 Å². The van der Waals surface area contributed by atoms with Crippen molar-refractivity contribution >= 4 is 17.6 Å². The largest absolute Gasteiger partial charge is 0.269 e. The lowest BCUT2D eigenvalue weighted by Crippen LogP contribution is -2.09. The van der Waals surface area contributed by atoms with Gasteiger partial charge in [-0.15, -0.1) is 0 Å². The smallest absolute Gasteiger partial charge is 0.260 e. The number of non-ortho nitro benzene ring substituents is 1. The first-order chi connectivity index (χ1) is 7.59. The molecule has 88 valence electrons. The number of nitrogens with one attached hydrogen (secondary N) is 1. The standard InChI is InChI=1S/C10H13FN2O2S/c1-8(11)6-7-12-16-10-4-2-9(3-5-10)13(14)15/h2-5,8,12H,6-7H2,1H3. The van der Waals surface area contributed by atoms with Gasteiger partial charge < -0.3 is 0 Å². The fourth-order valence-electron chi connectivity index (χ4n) is 1.03. The van der Waals surface area contributed by atoms with Crippen molar-refractivity contribution in [3.8, 4) is 0 Å². The van der Waals surface area contributed by atoms with Gasteiger partial charge in [-0.3, -0.25) is 14.8 Å². The third kappa shape index (κ3) is 4.59. The highest BCUT2D eigenvalue weighted by Gasteiger charge is 2.04. The molecule has 6 heteroatoms. The summed E-state index contributed by atoms with van der Waals surface area (Å²) in [5.41, 5.74) is 0.0710. The van der Waals surface area contributed by atoms with E-state index in [1.54, 1.807) is 12.1 Å². The Kier molecular flexibility index (Phi) is 5.21. The number of rotatable bonds is 6. The van der Waals surface area contributed by atoms with E-state index in [4.69, 9.17) is 0 Å². The van der Waals surface area contributed by atoms with Crippen LogP contribution in [0.2, 0.25) is 0 Å². The van der Waals surface area contributed by atoms with Crippen LogP contribution in [0.5, 0.6) is 0 Å². The molecule has 0 bridgehead atoms. The zero-order valence-corrected chi connectivity index (χ0v) is 9.67. The van der Waals surface area contributed by atoms with Crippen molar-refractivity contribution in [3.05, 3.63) is 34.4 Å². The Balaban J connectivity index is 2.35. The molecule has 4 nitrogen and oxygen atoms in total. The Morgan fingerprint density at radius 1 is 1.50 bits per heavy atom. The van der Waals surface area contributed by atoms with Crippen LogP contribution < -0.4 is 4.72 Å². The zero-order valence-electron chi connectivity index (χ0n) is 8.85. The van der Waals surface area contributed by atoms with Crippen LogP contribution in [0.4, 0.5) is 10.1 Å². The average Bonchev–Trinajstić information content (AvgIpc) is 2.25. The maximum Gasteiger partial charge on any atom is 0.269 e. The highest BCUT2D eigenvalue weighted by atomic mass is 32.2. The number of hydrogen-bond acceptors (Lipinski definition) is 4. The minimum Gasteiger partial charge on any atom is -0.260 e. The van der Waals surface area contributed by atoms with Crippen LogP contribution in [-0.2, 0) is 0 Å². The van der Waals surface area contributed by atoms with Gasteiger partial charge in [0.2, 0.25) is 0 Å². The molecule has 0 spiro atoms. The fraction of sp³-hybridized carbons (Fsp3) is 0.400. The van der Waals surface area contributed by atoms with Crippen LogP contribution in [0.3, 0.4) is 0 Å². The van der Waals surface area contributed by atoms with E-state index in [1.165, 1.54) is 31.0 Å².